The van der Waals surface area contributed by atoms with E-state index in [0.717, 1.165) is 16.8 Å². The molecule has 0 saturated heterocycles. The van der Waals surface area contributed by atoms with Crippen LogP contribution in [0.2, 0.25) is 0 Å². The molecule has 0 unspecified atom stereocenters. The fraction of sp³-hybridized carbons (Fsp3) is 0.130. The summed E-state index contributed by atoms with van der Waals surface area (Å²) in [5.41, 5.74) is 2.99. The van der Waals surface area contributed by atoms with Crippen LogP contribution in [-0.4, -0.2) is 35.9 Å². The van der Waals surface area contributed by atoms with Crippen LogP contribution in [0.4, 0.5) is 0 Å². The van der Waals surface area contributed by atoms with Crippen LogP contribution in [0.15, 0.2) is 65.6 Å². The van der Waals surface area contributed by atoms with E-state index >= 15 is 0 Å². The number of aromatic nitrogens is 4. The van der Waals surface area contributed by atoms with Crippen molar-refractivity contribution in [2.75, 3.05) is 0 Å². The highest BCUT2D eigenvalue weighted by molar-refractivity contribution is 5.85. The van der Waals surface area contributed by atoms with Crippen molar-refractivity contribution in [3.8, 4) is 23.2 Å². The number of aliphatic hydroxyl groups excluding tert-OH is 1. The number of carbonyl (C=O) groups is 1. The van der Waals surface area contributed by atoms with Crippen molar-refractivity contribution in [2.24, 2.45) is 0 Å². The number of rotatable bonds is 5. The summed E-state index contributed by atoms with van der Waals surface area (Å²) in [4.78, 5) is 18.8. The van der Waals surface area contributed by atoms with Gasteiger partial charge in [-0.25, -0.2) is 14.8 Å². The first kappa shape index (κ1) is 20.1. The maximum absolute atomic E-state index is 10.8. The smallest absolute Gasteiger partial charge is 0.354 e. The van der Waals surface area contributed by atoms with Crippen molar-refractivity contribution in [2.45, 2.75) is 19.6 Å². The SMILES string of the molecule is C[C@H](O)c1nccn1Cc1cc(-c2ccc(C#Cc3ccc(C(=O)O)nc3)cc2)on1. The van der Waals surface area contributed by atoms with Gasteiger partial charge in [-0.15, -0.1) is 0 Å². The van der Waals surface area contributed by atoms with Gasteiger partial charge in [0, 0.05) is 41.3 Å². The van der Waals surface area contributed by atoms with Gasteiger partial charge in [0.15, 0.2) is 5.76 Å². The number of imidazole rings is 1. The quantitative estimate of drug-likeness (QED) is 0.482. The van der Waals surface area contributed by atoms with E-state index in [1.165, 1.54) is 12.3 Å². The van der Waals surface area contributed by atoms with E-state index in [2.05, 4.69) is 27.0 Å². The predicted molar refractivity (Wildman–Crippen MR) is 111 cm³/mol. The Hall–Kier alpha value is -4.22. The minimum atomic E-state index is -1.07. The third-order valence-electron chi connectivity index (χ3n) is 4.52. The monoisotopic (exact) mass is 414 g/mol. The normalized spacial score (nSPS) is 11.5. The lowest BCUT2D eigenvalue weighted by molar-refractivity contribution is 0.0690. The van der Waals surface area contributed by atoms with Gasteiger partial charge < -0.3 is 19.3 Å². The van der Waals surface area contributed by atoms with Crippen molar-refractivity contribution in [1.29, 1.82) is 0 Å². The Morgan fingerprint density at radius 2 is 1.87 bits per heavy atom. The molecule has 0 spiro atoms. The summed E-state index contributed by atoms with van der Waals surface area (Å²) in [6.45, 7) is 2.11. The summed E-state index contributed by atoms with van der Waals surface area (Å²) in [5, 5.41) is 22.7. The number of hydrogen-bond acceptors (Lipinski definition) is 6. The predicted octanol–water partition coefficient (Wildman–Crippen LogP) is 3.13. The highest BCUT2D eigenvalue weighted by atomic mass is 16.5. The minimum absolute atomic E-state index is 0.0172. The summed E-state index contributed by atoms with van der Waals surface area (Å²) in [6, 6.07) is 12.4. The van der Waals surface area contributed by atoms with Gasteiger partial charge in [-0.1, -0.05) is 17.0 Å². The van der Waals surface area contributed by atoms with Crippen LogP contribution in [0.25, 0.3) is 11.3 Å². The molecule has 0 aliphatic carbocycles. The maximum atomic E-state index is 10.8. The van der Waals surface area contributed by atoms with Gasteiger partial charge in [0.25, 0.3) is 0 Å². The largest absolute Gasteiger partial charge is 0.477 e. The molecule has 3 heterocycles. The van der Waals surface area contributed by atoms with Crippen molar-refractivity contribution >= 4 is 5.97 Å². The Labute approximate surface area is 177 Å². The molecular weight excluding hydrogens is 396 g/mol. The van der Waals surface area contributed by atoms with Gasteiger partial charge in [0.05, 0.1) is 6.54 Å². The van der Waals surface area contributed by atoms with E-state index in [9.17, 15) is 9.90 Å². The van der Waals surface area contributed by atoms with Crippen LogP contribution < -0.4 is 0 Å². The molecule has 0 aliphatic heterocycles. The zero-order valence-electron chi connectivity index (χ0n) is 16.6. The van der Waals surface area contributed by atoms with Crippen molar-refractivity contribution in [3.05, 3.63) is 89.4 Å². The molecule has 31 heavy (non-hydrogen) atoms. The van der Waals surface area contributed by atoms with Gasteiger partial charge in [-0.3, -0.25) is 0 Å². The number of aromatic carboxylic acids is 1. The molecule has 4 rings (SSSR count). The van der Waals surface area contributed by atoms with Gasteiger partial charge in [-0.05, 0) is 43.3 Å². The molecule has 8 nitrogen and oxygen atoms in total. The first-order valence-corrected chi connectivity index (χ1v) is 9.46. The first-order chi connectivity index (χ1) is 15.0. The summed E-state index contributed by atoms with van der Waals surface area (Å²) in [5.74, 6) is 6.11. The Kier molecular flexibility index (Phi) is 5.60. The molecule has 3 aromatic heterocycles. The number of nitrogens with zero attached hydrogens (tertiary/aromatic N) is 4. The zero-order chi connectivity index (χ0) is 21.8. The molecule has 154 valence electrons. The Balaban J connectivity index is 1.45. The molecule has 0 fully saturated rings. The van der Waals surface area contributed by atoms with Gasteiger partial charge in [-0.2, -0.15) is 0 Å². The molecule has 1 atom stereocenters. The highest BCUT2D eigenvalue weighted by Crippen LogP contribution is 2.22. The molecule has 0 amide bonds. The second kappa shape index (κ2) is 8.65. The highest BCUT2D eigenvalue weighted by Gasteiger charge is 2.12. The van der Waals surface area contributed by atoms with Crippen molar-refractivity contribution in [3.63, 3.8) is 0 Å². The van der Waals surface area contributed by atoms with E-state index in [-0.39, 0.29) is 5.69 Å². The molecule has 0 saturated carbocycles. The van der Waals surface area contributed by atoms with E-state index < -0.39 is 12.1 Å². The summed E-state index contributed by atoms with van der Waals surface area (Å²) < 4.78 is 7.28. The number of hydrogen-bond donors (Lipinski definition) is 2. The zero-order valence-corrected chi connectivity index (χ0v) is 16.6. The molecule has 4 aromatic rings. The Morgan fingerprint density at radius 3 is 2.55 bits per heavy atom. The summed E-state index contributed by atoms with van der Waals surface area (Å²) in [6.07, 6.45) is 4.19. The van der Waals surface area contributed by atoms with E-state index in [0.29, 0.717) is 23.7 Å². The molecule has 1 aromatic carbocycles. The second-order valence-corrected chi connectivity index (χ2v) is 6.84. The first-order valence-electron chi connectivity index (χ1n) is 9.46. The molecule has 0 bridgehead atoms. The van der Waals surface area contributed by atoms with Crippen LogP contribution >= 0.6 is 0 Å². The average molecular weight is 414 g/mol. The molecule has 2 N–H and O–H groups in total. The molecule has 0 aliphatic rings. The average Bonchev–Trinajstić information content (AvgIpc) is 3.43. The lowest BCUT2D eigenvalue weighted by Gasteiger charge is -2.07. The Bertz CT molecular complexity index is 1260. The second-order valence-electron chi connectivity index (χ2n) is 6.84. The van der Waals surface area contributed by atoms with E-state index in [1.807, 2.05) is 34.9 Å². The number of pyridine rings is 1. The third-order valence-corrected chi connectivity index (χ3v) is 4.52. The number of aliphatic hydroxyl groups is 1. The number of benzene rings is 1. The fourth-order valence-corrected chi connectivity index (χ4v) is 2.98. The topological polar surface area (TPSA) is 114 Å². The molecule has 0 radical (unpaired) electrons. The van der Waals surface area contributed by atoms with E-state index in [4.69, 9.17) is 9.63 Å². The van der Waals surface area contributed by atoms with Crippen LogP contribution in [0.3, 0.4) is 0 Å². The van der Waals surface area contributed by atoms with Gasteiger partial charge >= 0.3 is 5.97 Å². The van der Waals surface area contributed by atoms with Gasteiger partial charge in [0.1, 0.15) is 23.3 Å². The van der Waals surface area contributed by atoms with Crippen molar-refractivity contribution in [1.82, 2.24) is 19.7 Å². The van der Waals surface area contributed by atoms with Crippen LogP contribution in [-0.2, 0) is 6.54 Å². The number of carboxylic acid groups (broad SMARTS) is 1. The molecular formula is C23H18N4O4. The van der Waals surface area contributed by atoms with Gasteiger partial charge in [0.2, 0.25) is 0 Å². The summed E-state index contributed by atoms with van der Waals surface area (Å²) in [7, 11) is 0. The lowest BCUT2D eigenvalue weighted by Crippen LogP contribution is -2.07. The lowest BCUT2D eigenvalue weighted by atomic mass is 10.1. The van der Waals surface area contributed by atoms with Crippen LogP contribution in [0, 0.1) is 11.8 Å². The Morgan fingerprint density at radius 1 is 1.13 bits per heavy atom. The van der Waals surface area contributed by atoms with E-state index in [1.54, 1.807) is 25.4 Å². The number of carboxylic acids is 1. The third kappa shape index (κ3) is 4.69. The van der Waals surface area contributed by atoms with Crippen molar-refractivity contribution < 1.29 is 19.5 Å². The van der Waals surface area contributed by atoms with Crippen LogP contribution in [0.5, 0.6) is 0 Å². The standard InChI is InChI=1S/C23H18N4O4/c1-15(28)22-24-10-11-27(22)14-19-12-21(31-26-19)18-7-4-16(5-8-18)2-3-17-6-9-20(23(29)30)25-13-17/h4-13,15,28H,14H2,1H3,(H,29,30)/t15-/m0/s1. The van der Waals surface area contributed by atoms with Crippen LogP contribution in [0.1, 0.15) is 46.2 Å². The summed E-state index contributed by atoms with van der Waals surface area (Å²) >= 11 is 0. The maximum Gasteiger partial charge on any atom is 0.354 e. The fourth-order valence-electron chi connectivity index (χ4n) is 2.98. The molecule has 8 heteroatoms. The minimum Gasteiger partial charge on any atom is -0.477 e.